The number of carbonyl (C=O) groups excluding carboxylic acids is 2. The molecule has 6 nitrogen and oxygen atoms in total. The molecule has 7 heteroatoms. The van der Waals surface area contributed by atoms with E-state index in [1.54, 1.807) is 12.1 Å². The summed E-state index contributed by atoms with van der Waals surface area (Å²) in [6, 6.07) is 3.25. The van der Waals surface area contributed by atoms with Gasteiger partial charge < -0.3 is 9.84 Å². The molecular formula is C19H17BrN2O4. The van der Waals surface area contributed by atoms with E-state index in [0.717, 1.165) is 17.9 Å². The van der Waals surface area contributed by atoms with Gasteiger partial charge in [0.25, 0.3) is 11.8 Å². The lowest BCUT2D eigenvalue weighted by molar-refractivity contribution is -0.141. The van der Waals surface area contributed by atoms with E-state index in [2.05, 4.69) is 33.2 Å². The van der Waals surface area contributed by atoms with Crippen LogP contribution in [0.4, 0.5) is 0 Å². The number of phenols is 1. The number of phenolic OH excluding ortho intramolecular Hbond substituents is 1. The highest BCUT2D eigenvalue weighted by molar-refractivity contribution is 9.10. The molecule has 4 atom stereocenters. The van der Waals surface area contributed by atoms with Gasteiger partial charge in [-0.2, -0.15) is 10.1 Å². The average Bonchev–Trinajstić information content (AvgIpc) is 3.23. The molecule has 5 rings (SSSR count). The number of hydrogen-bond donors (Lipinski definition) is 1. The largest absolute Gasteiger partial charge is 0.503 e. The monoisotopic (exact) mass is 416 g/mol. The Bertz CT molecular complexity index is 871. The van der Waals surface area contributed by atoms with Crippen molar-refractivity contribution < 1.29 is 19.4 Å². The molecule has 3 fully saturated rings. The van der Waals surface area contributed by atoms with Crippen molar-refractivity contribution in [3.8, 4) is 11.5 Å². The van der Waals surface area contributed by atoms with E-state index < -0.39 is 0 Å². The molecule has 1 heterocycles. The quantitative estimate of drug-likeness (QED) is 0.466. The number of nitrogens with zero attached hydrogens (tertiary/aromatic N) is 2. The predicted octanol–water partition coefficient (Wildman–Crippen LogP) is 2.69. The number of hydrazone groups is 1. The van der Waals surface area contributed by atoms with E-state index >= 15 is 0 Å². The maximum atomic E-state index is 12.9. The van der Waals surface area contributed by atoms with Crippen LogP contribution < -0.4 is 4.74 Å². The molecule has 1 N–H and O–H groups in total. The highest BCUT2D eigenvalue weighted by Gasteiger charge is 2.73. The van der Waals surface area contributed by atoms with Gasteiger partial charge in [0.05, 0.1) is 29.6 Å². The van der Waals surface area contributed by atoms with Gasteiger partial charge in [-0.3, -0.25) is 9.59 Å². The van der Waals surface area contributed by atoms with E-state index in [-0.39, 0.29) is 52.4 Å². The summed E-state index contributed by atoms with van der Waals surface area (Å²) in [5, 5.41) is 15.1. The summed E-state index contributed by atoms with van der Waals surface area (Å²) >= 11 is 3.25. The Morgan fingerprint density at radius 3 is 2.38 bits per heavy atom. The van der Waals surface area contributed by atoms with Crippen LogP contribution in [-0.2, 0) is 9.59 Å². The lowest BCUT2D eigenvalue weighted by atomic mass is 9.85. The van der Waals surface area contributed by atoms with Crippen molar-refractivity contribution in [3.63, 3.8) is 0 Å². The molecule has 2 bridgehead atoms. The highest BCUT2D eigenvalue weighted by Crippen LogP contribution is 2.73. The number of aromatic hydroxyl groups is 1. The van der Waals surface area contributed by atoms with Crippen LogP contribution in [0.5, 0.6) is 11.5 Å². The van der Waals surface area contributed by atoms with Crippen molar-refractivity contribution >= 4 is 34.0 Å². The molecule has 134 valence electrons. The van der Waals surface area contributed by atoms with Crippen molar-refractivity contribution in [3.05, 3.63) is 34.3 Å². The molecule has 3 aliphatic carbocycles. The molecule has 1 aromatic rings. The second-order valence-corrected chi connectivity index (χ2v) is 8.36. The lowest BCUT2D eigenvalue weighted by Gasteiger charge is -2.18. The number of rotatable bonds is 3. The first-order valence-corrected chi connectivity index (χ1v) is 9.44. The first kappa shape index (κ1) is 16.1. The minimum absolute atomic E-state index is 0.00936. The van der Waals surface area contributed by atoms with Crippen LogP contribution in [0.3, 0.4) is 0 Å². The molecule has 4 aliphatic rings. The van der Waals surface area contributed by atoms with E-state index in [1.165, 1.54) is 13.3 Å². The zero-order valence-corrected chi connectivity index (χ0v) is 15.6. The number of allylic oxidation sites excluding steroid dienone is 2. The lowest BCUT2D eigenvalue weighted by Crippen LogP contribution is -2.30. The SMILES string of the molecule is COc1cc(/C=N\N2C(=O)[C@H]3[C@H](C2=O)[C@H]2C=C[C@H]3C23CC3)cc(Br)c1O. The van der Waals surface area contributed by atoms with Gasteiger partial charge in [0.2, 0.25) is 0 Å². The molecular weight excluding hydrogens is 400 g/mol. The van der Waals surface area contributed by atoms with Gasteiger partial charge in [0, 0.05) is 0 Å². The minimum Gasteiger partial charge on any atom is -0.503 e. The summed E-state index contributed by atoms with van der Waals surface area (Å²) in [6.45, 7) is 0. The topological polar surface area (TPSA) is 79.2 Å². The van der Waals surface area contributed by atoms with Crippen LogP contribution in [0.2, 0.25) is 0 Å². The predicted molar refractivity (Wildman–Crippen MR) is 96.6 cm³/mol. The maximum absolute atomic E-state index is 12.9. The third-order valence-corrected chi connectivity index (χ3v) is 7.03. The number of hydrogen-bond acceptors (Lipinski definition) is 5. The van der Waals surface area contributed by atoms with Crippen LogP contribution in [0, 0.1) is 29.1 Å². The number of imide groups is 1. The molecule has 0 unspecified atom stereocenters. The van der Waals surface area contributed by atoms with E-state index in [9.17, 15) is 14.7 Å². The summed E-state index contributed by atoms with van der Waals surface area (Å²) in [7, 11) is 1.45. The van der Waals surface area contributed by atoms with Crippen LogP contribution in [-0.4, -0.2) is 35.3 Å². The molecule has 1 aliphatic heterocycles. The third-order valence-electron chi connectivity index (χ3n) is 6.42. The molecule has 2 amide bonds. The standard InChI is InChI=1S/C19H17BrN2O4/c1-26-13-7-9(6-12(20)16(13)23)8-21-22-17(24)14-10-2-3-11(15(14)18(22)25)19(10)4-5-19/h2-3,6-8,10-11,14-15,23H,4-5H2,1H3/b21-8-/t10-,11-,14-,15-/m1/s1. The summed E-state index contributed by atoms with van der Waals surface area (Å²) in [5.74, 6) is -0.224. The molecule has 1 aromatic carbocycles. The zero-order valence-electron chi connectivity index (χ0n) is 14.1. The Morgan fingerprint density at radius 2 is 1.85 bits per heavy atom. The van der Waals surface area contributed by atoms with Crippen LogP contribution in [0.15, 0.2) is 33.9 Å². The summed E-state index contributed by atoms with van der Waals surface area (Å²) in [4.78, 5) is 25.7. The van der Waals surface area contributed by atoms with Crippen molar-refractivity contribution in [1.29, 1.82) is 0 Å². The van der Waals surface area contributed by atoms with Gasteiger partial charge >= 0.3 is 0 Å². The average molecular weight is 417 g/mol. The Morgan fingerprint density at radius 1 is 1.23 bits per heavy atom. The van der Waals surface area contributed by atoms with Gasteiger partial charge in [0.15, 0.2) is 11.5 Å². The third kappa shape index (κ3) is 1.89. The maximum Gasteiger partial charge on any atom is 0.254 e. The molecule has 1 saturated heterocycles. The van der Waals surface area contributed by atoms with Crippen molar-refractivity contribution in [2.45, 2.75) is 12.8 Å². The van der Waals surface area contributed by atoms with Gasteiger partial charge in [0.1, 0.15) is 0 Å². The highest BCUT2D eigenvalue weighted by atomic mass is 79.9. The summed E-state index contributed by atoms with van der Waals surface area (Å²) in [5.41, 5.74) is 0.801. The Hall–Kier alpha value is -2.15. The molecule has 0 aromatic heterocycles. The minimum atomic E-state index is -0.252. The van der Waals surface area contributed by atoms with Crippen molar-refractivity contribution in [2.24, 2.45) is 34.2 Å². The van der Waals surface area contributed by atoms with E-state index in [4.69, 9.17) is 4.74 Å². The van der Waals surface area contributed by atoms with Crippen LogP contribution in [0.1, 0.15) is 18.4 Å². The number of ether oxygens (including phenoxy) is 1. The number of amides is 2. The van der Waals surface area contributed by atoms with E-state index in [0.29, 0.717) is 10.0 Å². The van der Waals surface area contributed by atoms with Gasteiger partial charge in [-0.1, -0.05) is 12.2 Å². The number of methoxy groups -OCH3 is 1. The second kappa shape index (κ2) is 5.19. The van der Waals surface area contributed by atoms with Crippen molar-refractivity contribution in [2.75, 3.05) is 7.11 Å². The fraction of sp³-hybridized carbons (Fsp3) is 0.421. The molecule has 1 spiro atoms. The van der Waals surface area contributed by atoms with Gasteiger partial charge in [-0.05, 0) is 63.7 Å². The number of halogens is 1. The van der Waals surface area contributed by atoms with Crippen LogP contribution >= 0.6 is 15.9 Å². The Balaban J connectivity index is 1.43. The molecule has 26 heavy (non-hydrogen) atoms. The zero-order chi connectivity index (χ0) is 18.2. The normalized spacial score (nSPS) is 32.9. The molecule has 2 saturated carbocycles. The Labute approximate surface area is 158 Å². The fourth-order valence-electron chi connectivity index (χ4n) is 5.12. The van der Waals surface area contributed by atoms with Crippen molar-refractivity contribution in [1.82, 2.24) is 5.01 Å². The van der Waals surface area contributed by atoms with E-state index in [1.807, 2.05) is 0 Å². The summed E-state index contributed by atoms with van der Waals surface area (Å²) < 4.78 is 5.56. The number of benzene rings is 1. The van der Waals surface area contributed by atoms with Crippen LogP contribution in [0.25, 0.3) is 0 Å². The smallest absolute Gasteiger partial charge is 0.254 e. The van der Waals surface area contributed by atoms with Gasteiger partial charge in [-0.25, -0.2) is 0 Å². The van der Waals surface area contributed by atoms with Gasteiger partial charge in [-0.15, -0.1) is 0 Å². The second-order valence-electron chi connectivity index (χ2n) is 7.51. The first-order chi connectivity index (χ1) is 12.5. The Kier molecular flexibility index (Phi) is 3.20. The number of carbonyl (C=O) groups is 2. The summed E-state index contributed by atoms with van der Waals surface area (Å²) in [6.07, 6.45) is 7.96. The molecule has 0 radical (unpaired) electrons. The number of fused-ring (bicyclic) bond motifs is 3. The first-order valence-electron chi connectivity index (χ1n) is 8.64. The fourth-order valence-corrected chi connectivity index (χ4v) is 5.58.